The van der Waals surface area contributed by atoms with Gasteiger partial charge in [0.15, 0.2) is 5.78 Å². The smallest absolute Gasteiger partial charge is 0.167 e. The van der Waals surface area contributed by atoms with Gasteiger partial charge in [-0.2, -0.15) is 0 Å². The van der Waals surface area contributed by atoms with Gasteiger partial charge in [-0.1, -0.05) is 52.9 Å². The lowest BCUT2D eigenvalue weighted by Gasteiger charge is -2.47. The molecular formula is C17H30O2. The van der Waals surface area contributed by atoms with Gasteiger partial charge in [-0.25, -0.2) is 0 Å². The number of hydrogen-bond acceptors (Lipinski definition) is 2. The van der Waals surface area contributed by atoms with E-state index in [1.165, 1.54) is 6.42 Å². The van der Waals surface area contributed by atoms with Crippen molar-refractivity contribution in [2.24, 2.45) is 17.3 Å². The second-order valence-corrected chi connectivity index (χ2v) is 7.79. The Balaban J connectivity index is 2.19. The first-order valence-electron chi connectivity index (χ1n) is 8.12. The molecule has 110 valence electrons. The molecule has 0 radical (unpaired) electrons. The molecule has 0 aromatic rings. The predicted octanol–water partition coefficient (Wildman–Crippen LogP) is 4.10. The molecule has 2 fully saturated rings. The molecule has 1 N–H and O–H groups in total. The maximum atomic E-state index is 12.9. The maximum Gasteiger partial charge on any atom is 0.167 e. The zero-order chi connectivity index (χ0) is 14.1. The molecule has 2 unspecified atom stereocenters. The minimum Gasteiger partial charge on any atom is -0.382 e. The van der Waals surface area contributed by atoms with Crippen molar-refractivity contribution in [3.63, 3.8) is 0 Å². The largest absolute Gasteiger partial charge is 0.382 e. The van der Waals surface area contributed by atoms with Crippen LogP contribution in [0.1, 0.15) is 78.6 Å². The average molecular weight is 266 g/mol. The molecule has 2 atom stereocenters. The lowest BCUT2D eigenvalue weighted by molar-refractivity contribution is -0.160. The molecule has 0 aromatic carbocycles. The molecule has 2 rings (SSSR count). The molecule has 0 amide bonds. The first kappa shape index (κ1) is 15.0. The van der Waals surface area contributed by atoms with E-state index in [-0.39, 0.29) is 23.0 Å². The van der Waals surface area contributed by atoms with E-state index in [0.717, 1.165) is 44.9 Å². The third-order valence-electron chi connectivity index (χ3n) is 5.33. The number of carbonyl (C=O) groups is 1. The molecule has 19 heavy (non-hydrogen) atoms. The quantitative estimate of drug-likeness (QED) is 0.817. The third-order valence-corrected chi connectivity index (χ3v) is 5.33. The van der Waals surface area contributed by atoms with Gasteiger partial charge in [0.2, 0.25) is 0 Å². The molecule has 2 aliphatic rings. The first-order valence-corrected chi connectivity index (χ1v) is 8.12. The van der Waals surface area contributed by atoms with E-state index in [9.17, 15) is 9.90 Å². The van der Waals surface area contributed by atoms with Crippen molar-refractivity contribution < 1.29 is 9.90 Å². The van der Waals surface area contributed by atoms with Gasteiger partial charge in [-0.15, -0.1) is 0 Å². The molecule has 0 aliphatic heterocycles. The molecule has 0 aromatic heterocycles. The number of ketones is 1. The standard InChI is InChI=1S/C17H30O2/c1-16(2,3)14-11-7-8-12-17(14,19)15(18)13-9-5-4-6-10-13/h13-14,19H,4-12H2,1-3H3. The highest BCUT2D eigenvalue weighted by Crippen LogP contribution is 2.46. The third kappa shape index (κ3) is 3.04. The summed E-state index contributed by atoms with van der Waals surface area (Å²) in [5.41, 5.74) is -1.03. The van der Waals surface area contributed by atoms with E-state index in [2.05, 4.69) is 20.8 Å². The van der Waals surface area contributed by atoms with Crippen molar-refractivity contribution in [2.75, 3.05) is 0 Å². The number of carbonyl (C=O) groups excluding carboxylic acids is 1. The van der Waals surface area contributed by atoms with Crippen LogP contribution < -0.4 is 0 Å². The molecule has 2 aliphatic carbocycles. The van der Waals surface area contributed by atoms with Gasteiger partial charge in [0.05, 0.1) is 0 Å². The summed E-state index contributed by atoms with van der Waals surface area (Å²) < 4.78 is 0. The lowest BCUT2D eigenvalue weighted by Crippen LogP contribution is -2.54. The van der Waals surface area contributed by atoms with Crippen molar-refractivity contribution in [3.05, 3.63) is 0 Å². The Morgan fingerprint density at radius 3 is 2.16 bits per heavy atom. The first-order chi connectivity index (χ1) is 8.86. The van der Waals surface area contributed by atoms with E-state index < -0.39 is 5.60 Å². The predicted molar refractivity (Wildman–Crippen MR) is 77.9 cm³/mol. The van der Waals surface area contributed by atoms with E-state index >= 15 is 0 Å². The lowest BCUT2D eigenvalue weighted by atomic mass is 9.60. The fourth-order valence-electron chi connectivity index (χ4n) is 4.32. The fourth-order valence-corrected chi connectivity index (χ4v) is 4.32. The van der Waals surface area contributed by atoms with Gasteiger partial charge in [0, 0.05) is 5.92 Å². The van der Waals surface area contributed by atoms with Crippen molar-refractivity contribution in [1.82, 2.24) is 0 Å². The number of Topliss-reactive ketones (excluding diaryl/α,β-unsaturated/α-hetero) is 1. The SMILES string of the molecule is CC(C)(C)C1CCCCC1(O)C(=O)C1CCCCC1. The molecule has 0 heterocycles. The van der Waals surface area contributed by atoms with Crippen LogP contribution in [0.15, 0.2) is 0 Å². The Kier molecular flexibility index (Phi) is 4.39. The Morgan fingerprint density at radius 2 is 1.58 bits per heavy atom. The molecule has 2 nitrogen and oxygen atoms in total. The Bertz CT molecular complexity index is 323. The summed E-state index contributed by atoms with van der Waals surface area (Å²) in [7, 11) is 0. The Labute approximate surface area is 118 Å². The highest BCUT2D eigenvalue weighted by Gasteiger charge is 2.51. The van der Waals surface area contributed by atoms with Crippen LogP contribution in [0.2, 0.25) is 0 Å². The summed E-state index contributed by atoms with van der Waals surface area (Å²) in [6.45, 7) is 6.51. The molecule has 0 spiro atoms. The van der Waals surface area contributed by atoms with Crippen LogP contribution in [0, 0.1) is 17.3 Å². The van der Waals surface area contributed by atoms with Crippen LogP contribution in [-0.4, -0.2) is 16.5 Å². The summed E-state index contributed by atoms with van der Waals surface area (Å²) in [5.74, 6) is 0.428. The van der Waals surface area contributed by atoms with Crippen LogP contribution in [-0.2, 0) is 4.79 Å². The molecule has 0 bridgehead atoms. The topological polar surface area (TPSA) is 37.3 Å². The number of hydrogen-bond donors (Lipinski definition) is 1. The zero-order valence-electron chi connectivity index (χ0n) is 12.9. The van der Waals surface area contributed by atoms with Crippen molar-refractivity contribution in [3.8, 4) is 0 Å². The van der Waals surface area contributed by atoms with Gasteiger partial charge >= 0.3 is 0 Å². The summed E-state index contributed by atoms with van der Waals surface area (Å²) in [4.78, 5) is 12.9. The van der Waals surface area contributed by atoms with Crippen LogP contribution >= 0.6 is 0 Å². The maximum absolute atomic E-state index is 12.9. The number of rotatable bonds is 2. The number of aliphatic hydroxyl groups is 1. The Hall–Kier alpha value is -0.370. The molecular weight excluding hydrogens is 236 g/mol. The minimum atomic E-state index is -1.04. The Morgan fingerprint density at radius 1 is 1.00 bits per heavy atom. The van der Waals surface area contributed by atoms with Gasteiger partial charge < -0.3 is 5.11 Å². The van der Waals surface area contributed by atoms with E-state index in [1.54, 1.807) is 0 Å². The van der Waals surface area contributed by atoms with E-state index in [4.69, 9.17) is 0 Å². The van der Waals surface area contributed by atoms with Crippen LogP contribution in [0.25, 0.3) is 0 Å². The second-order valence-electron chi connectivity index (χ2n) is 7.79. The van der Waals surface area contributed by atoms with Gasteiger partial charge in [0.25, 0.3) is 0 Å². The van der Waals surface area contributed by atoms with Gasteiger partial charge in [-0.05, 0) is 37.0 Å². The van der Waals surface area contributed by atoms with E-state index in [1.807, 2.05) is 0 Å². The summed E-state index contributed by atoms with van der Waals surface area (Å²) in [6.07, 6.45) is 9.41. The summed E-state index contributed by atoms with van der Waals surface area (Å²) in [6, 6.07) is 0. The van der Waals surface area contributed by atoms with E-state index in [0.29, 0.717) is 6.42 Å². The minimum absolute atomic E-state index is 0.0134. The zero-order valence-corrected chi connectivity index (χ0v) is 12.9. The summed E-state index contributed by atoms with van der Waals surface area (Å²) in [5, 5.41) is 11.1. The van der Waals surface area contributed by atoms with Crippen molar-refractivity contribution in [2.45, 2.75) is 84.2 Å². The summed E-state index contributed by atoms with van der Waals surface area (Å²) >= 11 is 0. The van der Waals surface area contributed by atoms with Gasteiger partial charge in [0.1, 0.15) is 5.60 Å². The van der Waals surface area contributed by atoms with Crippen LogP contribution in [0.3, 0.4) is 0 Å². The fraction of sp³-hybridized carbons (Fsp3) is 0.941. The molecule has 2 heteroatoms. The highest BCUT2D eigenvalue weighted by molar-refractivity contribution is 5.89. The monoisotopic (exact) mass is 266 g/mol. The van der Waals surface area contributed by atoms with Crippen molar-refractivity contribution >= 4 is 5.78 Å². The van der Waals surface area contributed by atoms with Gasteiger partial charge in [-0.3, -0.25) is 4.79 Å². The molecule has 2 saturated carbocycles. The van der Waals surface area contributed by atoms with Crippen LogP contribution in [0.4, 0.5) is 0 Å². The average Bonchev–Trinajstić information content (AvgIpc) is 2.38. The normalized spacial score (nSPS) is 34.2. The second kappa shape index (κ2) is 5.55. The molecule has 0 saturated heterocycles. The highest BCUT2D eigenvalue weighted by atomic mass is 16.3. The van der Waals surface area contributed by atoms with Crippen molar-refractivity contribution in [1.29, 1.82) is 0 Å². The van der Waals surface area contributed by atoms with Crippen LogP contribution in [0.5, 0.6) is 0 Å².